The van der Waals surface area contributed by atoms with Crippen molar-refractivity contribution >= 4 is 23.4 Å². The number of carbonyl (C=O) groups is 1. The third-order valence-electron chi connectivity index (χ3n) is 3.97. The first-order valence-corrected chi connectivity index (χ1v) is 9.52. The van der Waals surface area contributed by atoms with Gasteiger partial charge in [-0.3, -0.25) is 4.79 Å². The van der Waals surface area contributed by atoms with Gasteiger partial charge in [0.05, 0.1) is 17.1 Å². The van der Waals surface area contributed by atoms with Crippen LogP contribution in [0.25, 0.3) is 11.3 Å². The summed E-state index contributed by atoms with van der Waals surface area (Å²) in [4.78, 5) is 16.5. The van der Waals surface area contributed by atoms with Gasteiger partial charge in [-0.25, -0.2) is 9.37 Å². The number of hydrogen-bond acceptors (Lipinski definition) is 3. The molecule has 0 radical (unpaired) electrons. The zero-order valence-electron chi connectivity index (χ0n) is 15.3. The molecule has 29 heavy (non-hydrogen) atoms. The van der Waals surface area contributed by atoms with E-state index in [2.05, 4.69) is 10.3 Å². The highest BCUT2D eigenvalue weighted by atomic mass is 32.2. The molecule has 152 valence electrons. The lowest BCUT2D eigenvalue weighted by Crippen LogP contribution is -2.24. The molecule has 9 heteroatoms. The predicted molar refractivity (Wildman–Crippen MR) is 104 cm³/mol. The van der Waals surface area contributed by atoms with Gasteiger partial charge in [-0.1, -0.05) is 48.2 Å². The van der Waals surface area contributed by atoms with Gasteiger partial charge in [0.1, 0.15) is 12.4 Å². The predicted octanol–water partition coefficient (Wildman–Crippen LogP) is 5.37. The number of aromatic nitrogens is 2. The van der Waals surface area contributed by atoms with E-state index in [-0.39, 0.29) is 10.8 Å². The van der Waals surface area contributed by atoms with Crippen LogP contribution in [0.4, 0.5) is 23.2 Å². The van der Waals surface area contributed by atoms with E-state index >= 15 is 0 Å². The Morgan fingerprint density at radius 3 is 2.55 bits per heavy atom. The second-order valence-electron chi connectivity index (χ2n) is 6.25. The molecule has 0 aliphatic heterocycles. The van der Waals surface area contributed by atoms with Gasteiger partial charge in [0.15, 0.2) is 5.16 Å². The molecular weight excluding hydrogens is 406 g/mol. The molecule has 1 amide bonds. The van der Waals surface area contributed by atoms with Crippen LogP contribution in [-0.4, -0.2) is 26.9 Å². The third-order valence-corrected chi connectivity index (χ3v) is 5.07. The van der Waals surface area contributed by atoms with Gasteiger partial charge in [-0.2, -0.15) is 13.2 Å². The van der Waals surface area contributed by atoms with Gasteiger partial charge < -0.3 is 9.88 Å². The highest BCUT2D eigenvalue weighted by Gasteiger charge is 2.31. The van der Waals surface area contributed by atoms with Crippen molar-refractivity contribution in [3.8, 4) is 11.3 Å². The summed E-state index contributed by atoms with van der Waals surface area (Å²) in [6, 6.07) is 14.0. The molecule has 0 aliphatic rings. The number of imidazole rings is 1. The van der Waals surface area contributed by atoms with Crippen molar-refractivity contribution in [3.05, 3.63) is 66.6 Å². The summed E-state index contributed by atoms with van der Waals surface area (Å²) in [6.07, 6.45) is -3.09. The molecule has 1 heterocycles. The van der Waals surface area contributed by atoms with Gasteiger partial charge >= 0.3 is 6.18 Å². The summed E-state index contributed by atoms with van der Waals surface area (Å²) in [5.74, 6) is -0.972. The number of amides is 1. The number of anilines is 1. The first-order chi connectivity index (χ1) is 13.7. The molecule has 1 unspecified atom stereocenters. The molecule has 3 rings (SSSR count). The molecule has 1 aromatic heterocycles. The second-order valence-corrected chi connectivity index (χ2v) is 7.56. The molecular formula is C20H17F4N3OS. The van der Waals surface area contributed by atoms with E-state index in [1.54, 1.807) is 37.3 Å². The summed E-state index contributed by atoms with van der Waals surface area (Å²) in [5.41, 5.74) is 1.17. The standard InChI is InChI=1S/C20H17F4N3OS/c1-13(18(28)26-16-9-5-8-15(21)10-16)29-19-25-11-17(14-6-3-2-4-7-14)27(19)12-20(22,23)24/h2-11,13H,12H2,1H3,(H,26,28). The molecule has 1 N–H and O–H groups in total. The van der Waals surface area contributed by atoms with E-state index in [9.17, 15) is 22.4 Å². The molecule has 0 bridgehead atoms. The zero-order chi connectivity index (χ0) is 21.0. The van der Waals surface area contributed by atoms with Crippen molar-refractivity contribution in [1.29, 1.82) is 0 Å². The maximum Gasteiger partial charge on any atom is 0.406 e. The van der Waals surface area contributed by atoms with E-state index in [4.69, 9.17) is 0 Å². The van der Waals surface area contributed by atoms with Crippen LogP contribution in [-0.2, 0) is 11.3 Å². The Kier molecular flexibility index (Phi) is 6.26. The Bertz CT molecular complexity index is 989. The fourth-order valence-corrected chi connectivity index (χ4v) is 3.53. The highest BCUT2D eigenvalue weighted by Crippen LogP contribution is 2.32. The second kappa shape index (κ2) is 8.69. The van der Waals surface area contributed by atoms with Crippen LogP contribution in [0.15, 0.2) is 66.0 Å². The van der Waals surface area contributed by atoms with Gasteiger partial charge in [-0.15, -0.1) is 0 Å². The lowest BCUT2D eigenvalue weighted by molar-refractivity contribution is -0.141. The zero-order valence-corrected chi connectivity index (χ0v) is 16.1. The van der Waals surface area contributed by atoms with Crippen LogP contribution in [0.5, 0.6) is 0 Å². The van der Waals surface area contributed by atoms with Crippen LogP contribution in [0, 0.1) is 5.82 Å². The lowest BCUT2D eigenvalue weighted by atomic mass is 10.2. The quantitative estimate of drug-likeness (QED) is 0.428. The summed E-state index contributed by atoms with van der Waals surface area (Å²) in [7, 11) is 0. The number of alkyl halides is 3. The van der Waals surface area contributed by atoms with Crippen molar-refractivity contribution in [2.45, 2.75) is 30.1 Å². The fourth-order valence-electron chi connectivity index (χ4n) is 2.65. The summed E-state index contributed by atoms with van der Waals surface area (Å²) < 4.78 is 53.7. The Labute approximate surface area is 169 Å². The van der Waals surface area contributed by atoms with Crippen molar-refractivity contribution in [1.82, 2.24) is 9.55 Å². The topological polar surface area (TPSA) is 46.9 Å². The lowest BCUT2D eigenvalue weighted by Gasteiger charge is -2.16. The number of hydrogen-bond donors (Lipinski definition) is 1. The molecule has 2 aromatic carbocycles. The SMILES string of the molecule is CC(Sc1ncc(-c2ccccc2)n1CC(F)(F)F)C(=O)Nc1cccc(F)c1. The Morgan fingerprint density at radius 2 is 1.90 bits per heavy atom. The van der Waals surface area contributed by atoms with Crippen molar-refractivity contribution in [3.63, 3.8) is 0 Å². The highest BCUT2D eigenvalue weighted by molar-refractivity contribution is 8.00. The van der Waals surface area contributed by atoms with Gasteiger partial charge in [0, 0.05) is 5.69 Å². The van der Waals surface area contributed by atoms with Crippen LogP contribution in [0.2, 0.25) is 0 Å². The van der Waals surface area contributed by atoms with E-state index in [1.807, 2.05) is 0 Å². The number of carbonyl (C=O) groups excluding carboxylic acids is 1. The van der Waals surface area contributed by atoms with E-state index in [0.717, 1.165) is 22.4 Å². The van der Waals surface area contributed by atoms with Gasteiger partial charge in [0.2, 0.25) is 5.91 Å². The van der Waals surface area contributed by atoms with Crippen LogP contribution in [0.1, 0.15) is 6.92 Å². The average molecular weight is 423 g/mol. The molecule has 0 saturated carbocycles. The minimum Gasteiger partial charge on any atom is -0.325 e. The van der Waals surface area contributed by atoms with Gasteiger partial charge in [-0.05, 0) is 30.7 Å². The minimum atomic E-state index is -4.45. The number of benzene rings is 2. The van der Waals surface area contributed by atoms with Crippen LogP contribution >= 0.6 is 11.8 Å². The number of halogens is 4. The first-order valence-electron chi connectivity index (χ1n) is 8.64. The number of nitrogens with one attached hydrogen (secondary N) is 1. The molecule has 4 nitrogen and oxygen atoms in total. The summed E-state index contributed by atoms with van der Waals surface area (Å²) in [6.45, 7) is 0.325. The van der Waals surface area contributed by atoms with E-state index < -0.39 is 29.7 Å². The van der Waals surface area contributed by atoms with Crippen LogP contribution in [0.3, 0.4) is 0 Å². The molecule has 3 aromatic rings. The van der Waals surface area contributed by atoms with Gasteiger partial charge in [0.25, 0.3) is 0 Å². The number of nitrogens with zero attached hydrogens (tertiary/aromatic N) is 2. The normalized spacial score (nSPS) is 12.6. The monoisotopic (exact) mass is 423 g/mol. The molecule has 0 aliphatic carbocycles. The molecule has 0 saturated heterocycles. The third kappa shape index (κ3) is 5.60. The van der Waals surface area contributed by atoms with Crippen molar-refractivity contribution < 1.29 is 22.4 Å². The fraction of sp³-hybridized carbons (Fsp3) is 0.200. The molecule has 1 atom stereocenters. The Hall–Kier alpha value is -2.81. The maximum atomic E-state index is 13.3. The first kappa shape index (κ1) is 20.9. The average Bonchev–Trinajstić information content (AvgIpc) is 3.03. The van der Waals surface area contributed by atoms with Crippen LogP contribution < -0.4 is 5.32 Å². The largest absolute Gasteiger partial charge is 0.406 e. The molecule has 0 spiro atoms. The minimum absolute atomic E-state index is 0.0723. The number of thioether (sulfide) groups is 1. The Morgan fingerprint density at radius 1 is 1.17 bits per heavy atom. The molecule has 0 fully saturated rings. The summed E-state index contributed by atoms with van der Waals surface area (Å²) >= 11 is 0.904. The van der Waals surface area contributed by atoms with E-state index in [0.29, 0.717) is 11.3 Å². The summed E-state index contributed by atoms with van der Waals surface area (Å²) in [5, 5.41) is 1.87. The number of rotatable bonds is 6. The van der Waals surface area contributed by atoms with E-state index in [1.165, 1.54) is 24.4 Å². The van der Waals surface area contributed by atoms with Crippen molar-refractivity contribution in [2.75, 3.05) is 5.32 Å². The Balaban J connectivity index is 1.82. The smallest absolute Gasteiger partial charge is 0.325 e. The van der Waals surface area contributed by atoms with Crippen molar-refractivity contribution in [2.24, 2.45) is 0 Å². The maximum absolute atomic E-state index is 13.3.